The van der Waals surface area contributed by atoms with Gasteiger partial charge in [-0.15, -0.1) is 34.5 Å². The van der Waals surface area contributed by atoms with Crippen molar-refractivity contribution in [1.29, 1.82) is 0 Å². The van der Waals surface area contributed by atoms with E-state index in [2.05, 4.69) is 4.98 Å². The Balaban J connectivity index is 0.000000354. The van der Waals surface area contributed by atoms with E-state index >= 15 is 0 Å². The van der Waals surface area contributed by atoms with Gasteiger partial charge in [0.15, 0.2) is 0 Å². The highest BCUT2D eigenvalue weighted by atomic mass is 35.7. The standard InChI is InChI=1S/C3H2ClNO2S2.CH2Cl2/c4-9(6,7)3-5-1-2-8-3;2-1-3/h1-2H;1H2. The van der Waals surface area contributed by atoms with Crippen molar-refractivity contribution in [3.63, 3.8) is 0 Å². The third-order valence-corrected chi connectivity index (χ3v) is 3.37. The number of halogens is 3. The Hall–Kier alpha value is 0.450. The molecule has 0 aromatic carbocycles. The minimum Gasteiger partial charge on any atom is -0.233 e. The van der Waals surface area contributed by atoms with Crippen LogP contribution in [0.4, 0.5) is 0 Å². The predicted octanol–water partition coefficient (Wildman–Crippen LogP) is 2.49. The van der Waals surface area contributed by atoms with Crippen LogP contribution in [-0.4, -0.2) is 18.7 Å². The van der Waals surface area contributed by atoms with Gasteiger partial charge in [-0.05, 0) is 0 Å². The first kappa shape index (κ1) is 12.4. The van der Waals surface area contributed by atoms with Crippen LogP contribution in [0.25, 0.3) is 0 Å². The van der Waals surface area contributed by atoms with Crippen LogP contribution in [0.1, 0.15) is 0 Å². The lowest BCUT2D eigenvalue weighted by Crippen LogP contribution is -1.86. The molecule has 0 aliphatic carbocycles. The largest absolute Gasteiger partial charge is 0.288 e. The average Bonchev–Trinajstić information content (AvgIpc) is 2.36. The molecule has 1 aromatic heterocycles. The highest BCUT2D eigenvalue weighted by molar-refractivity contribution is 8.14. The summed E-state index contributed by atoms with van der Waals surface area (Å²) in [5.74, 6) is 0. The summed E-state index contributed by atoms with van der Waals surface area (Å²) in [7, 11) is 1.34. The molecule has 0 amide bonds. The first-order valence-corrected chi connectivity index (χ1v) is 6.74. The minimum absolute atomic E-state index is 0.0517. The molecule has 0 bridgehead atoms. The second-order valence-corrected chi connectivity index (χ2v) is 5.78. The Kier molecular flexibility index (Phi) is 6.21. The summed E-state index contributed by atoms with van der Waals surface area (Å²) >= 11 is 10.5. The van der Waals surface area contributed by atoms with Crippen molar-refractivity contribution >= 4 is 54.3 Å². The Morgan fingerprint density at radius 1 is 1.50 bits per heavy atom. The molecule has 70 valence electrons. The van der Waals surface area contributed by atoms with Gasteiger partial charge in [0.25, 0.3) is 9.05 Å². The summed E-state index contributed by atoms with van der Waals surface area (Å²) in [4.78, 5) is 3.49. The molecule has 0 fully saturated rings. The van der Waals surface area contributed by atoms with Crippen LogP contribution in [0.2, 0.25) is 0 Å². The van der Waals surface area contributed by atoms with E-state index in [0.29, 0.717) is 0 Å². The number of hydrogen-bond donors (Lipinski definition) is 0. The van der Waals surface area contributed by atoms with E-state index in [0.717, 1.165) is 11.3 Å². The van der Waals surface area contributed by atoms with Gasteiger partial charge in [0.2, 0.25) is 4.34 Å². The van der Waals surface area contributed by atoms with Gasteiger partial charge in [0.1, 0.15) is 0 Å². The maximum absolute atomic E-state index is 10.4. The number of alkyl halides is 2. The number of nitrogens with zero attached hydrogens (tertiary/aromatic N) is 1. The fourth-order valence-electron chi connectivity index (χ4n) is 0.331. The molecule has 1 rings (SSSR count). The molecule has 0 unspecified atom stereocenters. The first-order valence-electron chi connectivity index (χ1n) is 2.48. The smallest absolute Gasteiger partial charge is 0.233 e. The van der Waals surface area contributed by atoms with Crippen LogP contribution in [-0.2, 0) is 9.05 Å². The van der Waals surface area contributed by atoms with Gasteiger partial charge in [-0.1, -0.05) is 0 Å². The number of aromatic nitrogens is 1. The summed E-state index contributed by atoms with van der Waals surface area (Å²) < 4.78 is 20.8. The second-order valence-electron chi connectivity index (χ2n) is 1.34. The monoisotopic (exact) mass is 267 g/mol. The van der Waals surface area contributed by atoms with E-state index in [1.165, 1.54) is 6.20 Å². The maximum Gasteiger partial charge on any atom is 0.288 e. The Labute approximate surface area is 88.7 Å². The molecular weight excluding hydrogens is 265 g/mol. The van der Waals surface area contributed by atoms with Gasteiger partial charge in [-0.25, -0.2) is 13.4 Å². The van der Waals surface area contributed by atoms with E-state index < -0.39 is 9.05 Å². The van der Waals surface area contributed by atoms with Crippen molar-refractivity contribution in [3.8, 4) is 0 Å². The quantitative estimate of drug-likeness (QED) is 0.581. The van der Waals surface area contributed by atoms with Crippen molar-refractivity contribution in [3.05, 3.63) is 11.6 Å². The summed E-state index contributed by atoms with van der Waals surface area (Å²) in [6, 6.07) is 0. The van der Waals surface area contributed by atoms with Gasteiger partial charge in [0.05, 0.1) is 5.34 Å². The van der Waals surface area contributed by atoms with Gasteiger partial charge < -0.3 is 0 Å². The number of thiazole rings is 1. The molecule has 0 saturated carbocycles. The SMILES string of the molecule is ClCCl.O=S(=O)(Cl)c1nccs1. The molecule has 0 N–H and O–H groups in total. The number of rotatable bonds is 1. The van der Waals surface area contributed by atoms with Crippen molar-refractivity contribution in [2.24, 2.45) is 0 Å². The van der Waals surface area contributed by atoms with E-state index in [4.69, 9.17) is 33.9 Å². The molecule has 8 heteroatoms. The maximum atomic E-state index is 10.4. The predicted molar refractivity (Wildman–Crippen MR) is 51.7 cm³/mol. The topological polar surface area (TPSA) is 47.0 Å². The fourth-order valence-corrected chi connectivity index (χ4v) is 1.95. The zero-order valence-electron chi connectivity index (χ0n) is 5.58. The summed E-state index contributed by atoms with van der Waals surface area (Å²) in [5.41, 5.74) is 0. The second kappa shape index (κ2) is 5.99. The number of hydrogen-bond acceptors (Lipinski definition) is 4. The lowest BCUT2D eigenvalue weighted by atomic mass is 11.0. The zero-order valence-corrected chi connectivity index (χ0v) is 9.48. The minimum atomic E-state index is -3.58. The first-order chi connectivity index (χ1) is 5.52. The van der Waals surface area contributed by atoms with Gasteiger partial charge in [-0.2, -0.15) is 0 Å². The van der Waals surface area contributed by atoms with Crippen molar-refractivity contribution < 1.29 is 8.42 Å². The normalized spacial score (nSPS) is 10.2. The molecule has 0 radical (unpaired) electrons. The molecule has 12 heavy (non-hydrogen) atoms. The van der Waals surface area contributed by atoms with Crippen molar-refractivity contribution in [1.82, 2.24) is 4.98 Å². The van der Waals surface area contributed by atoms with E-state index in [1.54, 1.807) is 5.38 Å². The lowest BCUT2D eigenvalue weighted by molar-refractivity contribution is 0.609. The molecule has 1 aromatic rings. The molecule has 0 aliphatic heterocycles. The lowest BCUT2D eigenvalue weighted by Gasteiger charge is -1.81. The third kappa shape index (κ3) is 5.16. The Morgan fingerprint density at radius 2 is 2.00 bits per heavy atom. The fraction of sp³-hybridized carbons (Fsp3) is 0.250. The van der Waals surface area contributed by atoms with Crippen LogP contribution in [0.5, 0.6) is 0 Å². The van der Waals surface area contributed by atoms with Crippen LogP contribution in [0.15, 0.2) is 15.9 Å². The van der Waals surface area contributed by atoms with E-state index in [-0.39, 0.29) is 9.68 Å². The summed E-state index contributed by atoms with van der Waals surface area (Å²) in [5, 5.41) is 1.75. The van der Waals surface area contributed by atoms with Gasteiger partial charge in [-0.3, -0.25) is 0 Å². The molecular formula is C4H4Cl3NO2S2. The molecule has 0 aliphatic rings. The molecule has 3 nitrogen and oxygen atoms in total. The highest BCUT2D eigenvalue weighted by Gasteiger charge is 2.11. The van der Waals surface area contributed by atoms with Crippen molar-refractivity contribution in [2.75, 3.05) is 5.34 Å². The molecule has 0 atom stereocenters. The Morgan fingerprint density at radius 3 is 2.17 bits per heavy atom. The van der Waals surface area contributed by atoms with Gasteiger partial charge >= 0.3 is 0 Å². The van der Waals surface area contributed by atoms with E-state index in [9.17, 15) is 8.42 Å². The summed E-state index contributed by atoms with van der Waals surface area (Å²) in [6.07, 6.45) is 1.39. The van der Waals surface area contributed by atoms with E-state index in [1.807, 2.05) is 0 Å². The molecule has 0 spiro atoms. The van der Waals surface area contributed by atoms with Crippen LogP contribution < -0.4 is 0 Å². The molecule has 0 saturated heterocycles. The summed E-state index contributed by atoms with van der Waals surface area (Å²) in [6.45, 7) is 0. The average molecular weight is 269 g/mol. The Bertz CT molecular complexity index is 296. The zero-order chi connectivity index (χ0) is 9.61. The highest BCUT2D eigenvalue weighted by Crippen LogP contribution is 2.15. The van der Waals surface area contributed by atoms with Crippen molar-refractivity contribution in [2.45, 2.75) is 4.34 Å². The van der Waals surface area contributed by atoms with Crippen LogP contribution >= 0.6 is 45.2 Å². The van der Waals surface area contributed by atoms with Crippen LogP contribution in [0, 0.1) is 0 Å². The van der Waals surface area contributed by atoms with Gasteiger partial charge in [0, 0.05) is 22.3 Å². The molecule has 1 heterocycles. The third-order valence-electron chi connectivity index (χ3n) is 0.618. The van der Waals surface area contributed by atoms with Crippen LogP contribution in [0.3, 0.4) is 0 Å².